The normalized spacial score (nSPS) is 48.6. The van der Waals surface area contributed by atoms with E-state index in [0.717, 1.165) is 0 Å². The van der Waals surface area contributed by atoms with Gasteiger partial charge in [-0.2, -0.15) is 0 Å². The third-order valence-corrected chi connectivity index (χ3v) is 3.73. The van der Waals surface area contributed by atoms with Crippen LogP contribution in [0.4, 0.5) is 0 Å². The van der Waals surface area contributed by atoms with Crippen molar-refractivity contribution in [2.45, 2.75) is 50.5 Å². The molecule has 0 unspecified atom stereocenters. The van der Waals surface area contributed by atoms with E-state index in [4.69, 9.17) is 18.9 Å². The lowest BCUT2D eigenvalue weighted by molar-refractivity contribution is -0.253. The number of nitrogens with zero attached hydrogens (tertiary/aromatic N) is 1. The smallest absolute Gasteiger partial charge is 0.297 e. The number of Topliss-reactive ketones (excluding diaryl/α,β-unsaturated/α-hetero) is 1. The van der Waals surface area contributed by atoms with Crippen LogP contribution in [0.15, 0.2) is 0 Å². The summed E-state index contributed by atoms with van der Waals surface area (Å²) < 4.78 is 22.6. The second kappa shape index (κ2) is 3.11. The molecule has 4 fully saturated rings. The minimum Gasteiger partial charge on any atom is -0.342 e. The summed E-state index contributed by atoms with van der Waals surface area (Å²) in [6.45, 7) is 3.97. The predicted octanol–water partition coefficient (Wildman–Crippen LogP) is -1.00. The highest BCUT2D eigenvalue weighted by Gasteiger charge is 2.62. The average molecular weight is 255 g/mol. The number of ketones is 1. The number of β-lactam (4-membered cyclic amide) rings is 1. The summed E-state index contributed by atoms with van der Waals surface area (Å²) in [5.74, 6) is -1.70. The van der Waals surface area contributed by atoms with Gasteiger partial charge in [0.25, 0.3) is 11.7 Å². The van der Waals surface area contributed by atoms with E-state index in [-0.39, 0.29) is 18.3 Å². The van der Waals surface area contributed by atoms with Gasteiger partial charge in [0.15, 0.2) is 12.1 Å². The number of carbonyl (C=O) groups excluding carboxylic acids is 2. The molecule has 0 spiro atoms. The summed E-state index contributed by atoms with van der Waals surface area (Å²) >= 11 is 0. The molecule has 0 aromatic carbocycles. The van der Waals surface area contributed by atoms with Crippen molar-refractivity contribution in [3.05, 3.63) is 0 Å². The Kier molecular flexibility index (Phi) is 1.87. The number of hydrogen-bond donors (Lipinski definition) is 0. The maximum absolute atomic E-state index is 11.4. The Labute approximate surface area is 103 Å². The largest absolute Gasteiger partial charge is 0.342 e. The highest BCUT2D eigenvalue weighted by atomic mass is 16.8. The van der Waals surface area contributed by atoms with Crippen LogP contribution >= 0.6 is 0 Å². The van der Waals surface area contributed by atoms with Crippen molar-refractivity contribution in [2.24, 2.45) is 0 Å². The van der Waals surface area contributed by atoms with Crippen molar-refractivity contribution in [3.8, 4) is 0 Å². The summed E-state index contributed by atoms with van der Waals surface area (Å²) in [7, 11) is 0. The Balaban J connectivity index is 1.57. The van der Waals surface area contributed by atoms with E-state index < -0.39 is 30.0 Å². The number of hydrogen-bond acceptors (Lipinski definition) is 6. The maximum atomic E-state index is 11.4. The van der Waals surface area contributed by atoms with Gasteiger partial charge in [-0.15, -0.1) is 0 Å². The van der Waals surface area contributed by atoms with Crippen LogP contribution in [0.1, 0.15) is 13.8 Å². The SMILES string of the molecule is CC1(C)O[C@H]2O[C@@H]3CN4C(=O)C(=O)[C@@H]4O[C@@H]3[C@H]2O1. The molecule has 98 valence electrons. The predicted molar refractivity (Wildman–Crippen MR) is 54.1 cm³/mol. The Morgan fingerprint density at radius 1 is 1.17 bits per heavy atom. The Morgan fingerprint density at radius 3 is 2.72 bits per heavy atom. The first-order valence-corrected chi connectivity index (χ1v) is 5.98. The molecule has 4 aliphatic heterocycles. The zero-order valence-electron chi connectivity index (χ0n) is 9.99. The van der Waals surface area contributed by atoms with Gasteiger partial charge < -0.3 is 23.8 Å². The quantitative estimate of drug-likeness (QED) is 0.408. The van der Waals surface area contributed by atoms with Gasteiger partial charge in [-0.1, -0.05) is 0 Å². The number of rotatable bonds is 0. The van der Waals surface area contributed by atoms with Gasteiger partial charge in [-0.25, -0.2) is 0 Å². The molecule has 0 bridgehead atoms. The molecular weight excluding hydrogens is 242 g/mol. The molecule has 7 nitrogen and oxygen atoms in total. The van der Waals surface area contributed by atoms with Crippen LogP contribution in [0.5, 0.6) is 0 Å². The molecule has 4 heterocycles. The van der Waals surface area contributed by atoms with Crippen LogP contribution in [0.25, 0.3) is 0 Å². The average Bonchev–Trinajstić information content (AvgIpc) is 2.78. The molecule has 1 amide bonds. The third kappa shape index (κ3) is 1.22. The first-order valence-electron chi connectivity index (χ1n) is 5.98. The zero-order chi connectivity index (χ0) is 12.7. The molecule has 0 aromatic rings. The molecule has 0 radical (unpaired) electrons. The number of carbonyl (C=O) groups is 2. The van der Waals surface area contributed by atoms with Gasteiger partial charge >= 0.3 is 0 Å². The zero-order valence-corrected chi connectivity index (χ0v) is 9.99. The van der Waals surface area contributed by atoms with Crippen molar-refractivity contribution < 1.29 is 28.5 Å². The van der Waals surface area contributed by atoms with Gasteiger partial charge in [-0.3, -0.25) is 9.59 Å². The van der Waals surface area contributed by atoms with E-state index >= 15 is 0 Å². The van der Waals surface area contributed by atoms with Gasteiger partial charge in [0.05, 0.1) is 6.54 Å². The molecule has 5 atom stereocenters. The fourth-order valence-electron chi connectivity index (χ4n) is 2.94. The molecule has 4 saturated heterocycles. The van der Waals surface area contributed by atoms with E-state index in [9.17, 15) is 9.59 Å². The molecule has 7 heteroatoms. The van der Waals surface area contributed by atoms with Crippen LogP contribution in [0.3, 0.4) is 0 Å². The summed E-state index contributed by atoms with van der Waals surface area (Å²) in [5.41, 5.74) is 0. The van der Waals surface area contributed by atoms with Crippen LogP contribution in [-0.2, 0) is 28.5 Å². The van der Waals surface area contributed by atoms with Crippen molar-refractivity contribution in [2.75, 3.05) is 6.54 Å². The number of ether oxygens (including phenoxy) is 4. The maximum Gasteiger partial charge on any atom is 0.297 e. The topological polar surface area (TPSA) is 74.3 Å². The molecule has 0 aliphatic carbocycles. The summed E-state index contributed by atoms with van der Waals surface area (Å²) in [4.78, 5) is 24.1. The summed E-state index contributed by atoms with van der Waals surface area (Å²) in [6, 6.07) is 0. The van der Waals surface area contributed by atoms with Gasteiger partial charge in [0, 0.05) is 0 Å². The fraction of sp³-hybridized carbons (Fsp3) is 0.818. The van der Waals surface area contributed by atoms with Crippen LogP contribution in [0, 0.1) is 0 Å². The lowest BCUT2D eigenvalue weighted by Crippen LogP contribution is -2.70. The standard InChI is InChI=1S/C11H13NO6/c1-11(2)17-7-6-4(15-10(7)18-11)3-12-8(14)5(13)9(12)16-6/h4,6-7,9-10H,3H2,1-2H3/t4-,6+,7-,9+,10-/m1/s1. The monoisotopic (exact) mass is 255 g/mol. The minimum atomic E-state index is -0.756. The Bertz CT molecular complexity index is 449. The van der Waals surface area contributed by atoms with Crippen molar-refractivity contribution >= 4 is 11.7 Å². The van der Waals surface area contributed by atoms with E-state index in [1.165, 1.54) is 4.90 Å². The van der Waals surface area contributed by atoms with Crippen LogP contribution in [0.2, 0.25) is 0 Å². The third-order valence-electron chi connectivity index (χ3n) is 3.73. The van der Waals surface area contributed by atoms with Gasteiger partial charge in [0.1, 0.15) is 18.3 Å². The first-order chi connectivity index (χ1) is 8.46. The molecule has 18 heavy (non-hydrogen) atoms. The van der Waals surface area contributed by atoms with E-state index in [0.29, 0.717) is 6.54 Å². The van der Waals surface area contributed by atoms with Gasteiger partial charge in [-0.05, 0) is 13.8 Å². The Morgan fingerprint density at radius 2 is 1.94 bits per heavy atom. The number of amides is 1. The second-order valence-electron chi connectivity index (χ2n) is 5.42. The van der Waals surface area contributed by atoms with E-state index in [1.54, 1.807) is 13.8 Å². The molecular formula is C11H13NO6. The second-order valence-corrected chi connectivity index (χ2v) is 5.42. The van der Waals surface area contributed by atoms with Crippen molar-refractivity contribution in [3.63, 3.8) is 0 Å². The van der Waals surface area contributed by atoms with Crippen LogP contribution < -0.4 is 0 Å². The van der Waals surface area contributed by atoms with Crippen LogP contribution in [-0.4, -0.2) is 59.8 Å². The lowest BCUT2D eigenvalue weighted by atomic mass is 10.0. The van der Waals surface area contributed by atoms with Gasteiger partial charge in [0.2, 0.25) is 6.23 Å². The molecule has 0 aromatic heterocycles. The molecule has 4 rings (SSSR count). The lowest BCUT2D eigenvalue weighted by Gasteiger charge is -2.46. The van der Waals surface area contributed by atoms with Crippen molar-refractivity contribution in [1.29, 1.82) is 0 Å². The molecule has 0 saturated carbocycles. The van der Waals surface area contributed by atoms with E-state index in [1.807, 2.05) is 0 Å². The molecule has 0 N–H and O–H groups in total. The summed E-state index contributed by atoms with van der Waals surface area (Å²) in [6.07, 6.45) is -2.22. The first kappa shape index (κ1) is 10.9. The fourth-order valence-corrected chi connectivity index (χ4v) is 2.94. The minimum absolute atomic E-state index is 0.288. The summed E-state index contributed by atoms with van der Waals surface area (Å²) in [5, 5.41) is 0. The highest BCUT2D eigenvalue weighted by Crippen LogP contribution is 2.42. The van der Waals surface area contributed by atoms with Crippen molar-refractivity contribution in [1.82, 2.24) is 4.90 Å². The van der Waals surface area contributed by atoms with E-state index in [2.05, 4.69) is 0 Å². The highest BCUT2D eigenvalue weighted by molar-refractivity contribution is 6.44. The Hall–Kier alpha value is -1.02. The molecule has 4 aliphatic rings. The number of fused-ring (bicyclic) bond motifs is 4.